The molecule has 4 nitrogen and oxygen atoms in total. The van der Waals surface area contributed by atoms with Crippen molar-refractivity contribution in [3.63, 3.8) is 0 Å². The molecule has 0 saturated heterocycles. The maximum atomic E-state index is 12.9. The lowest BCUT2D eigenvalue weighted by Crippen LogP contribution is -2.15. The van der Waals surface area contributed by atoms with Crippen LogP contribution < -0.4 is 4.90 Å². The van der Waals surface area contributed by atoms with Crippen molar-refractivity contribution < 1.29 is 8.81 Å². The van der Waals surface area contributed by atoms with Crippen LogP contribution in [0.25, 0.3) is 0 Å². The molecule has 2 heterocycles. The zero-order chi connectivity index (χ0) is 15.5. The third-order valence-electron chi connectivity index (χ3n) is 3.07. The van der Waals surface area contributed by atoms with Crippen molar-refractivity contribution in [2.24, 2.45) is 0 Å². The summed E-state index contributed by atoms with van der Waals surface area (Å²) >= 11 is 4.81. The van der Waals surface area contributed by atoms with E-state index in [0.717, 1.165) is 21.5 Å². The maximum absolute atomic E-state index is 12.9. The van der Waals surface area contributed by atoms with Crippen molar-refractivity contribution in [2.75, 3.05) is 11.9 Å². The van der Waals surface area contributed by atoms with Gasteiger partial charge in [0.1, 0.15) is 16.6 Å². The van der Waals surface area contributed by atoms with Gasteiger partial charge in [0, 0.05) is 13.5 Å². The van der Waals surface area contributed by atoms with Crippen LogP contribution in [0.2, 0.25) is 0 Å². The van der Waals surface area contributed by atoms with Gasteiger partial charge < -0.3 is 9.32 Å². The van der Waals surface area contributed by atoms with E-state index < -0.39 is 0 Å². The van der Waals surface area contributed by atoms with Crippen molar-refractivity contribution >= 4 is 32.4 Å². The molecule has 0 spiro atoms. The minimum atomic E-state index is -0.231. The number of aromatic nitrogens is 2. The topological polar surface area (TPSA) is 42.2 Å². The highest BCUT2D eigenvalue weighted by molar-refractivity contribution is 9.10. The molecule has 0 bridgehead atoms. The van der Waals surface area contributed by atoms with Crippen LogP contribution in [0.4, 0.5) is 9.52 Å². The predicted molar refractivity (Wildman–Crippen MR) is 87.6 cm³/mol. The molecule has 22 heavy (non-hydrogen) atoms. The average Bonchev–Trinajstić information content (AvgIpc) is 3.11. The number of halogens is 2. The molecule has 7 heteroatoms. The van der Waals surface area contributed by atoms with Gasteiger partial charge in [-0.3, -0.25) is 0 Å². The molecule has 3 rings (SSSR count). The Balaban J connectivity index is 1.66. The second kappa shape index (κ2) is 6.58. The Morgan fingerprint density at radius 1 is 1.18 bits per heavy atom. The fraction of sp³-hybridized carbons (Fsp3) is 0.200. The summed E-state index contributed by atoms with van der Waals surface area (Å²) in [4.78, 5) is 1.98. The summed E-state index contributed by atoms with van der Waals surface area (Å²) in [5.41, 5.74) is 1.02. The Morgan fingerprint density at radius 2 is 1.95 bits per heavy atom. The molecule has 0 N–H and O–H groups in total. The zero-order valence-electron chi connectivity index (χ0n) is 11.8. The first kappa shape index (κ1) is 15.2. The van der Waals surface area contributed by atoms with E-state index >= 15 is 0 Å². The molecule has 0 atom stereocenters. The summed E-state index contributed by atoms with van der Waals surface area (Å²) in [6.45, 7) is 0.622. The molecule has 1 aromatic carbocycles. The van der Waals surface area contributed by atoms with Gasteiger partial charge in [-0.25, -0.2) is 4.39 Å². The summed E-state index contributed by atoms with van der Waals surface area (Å²) < 4.78 is 19.1. The largest absolute Gasteiger partial charge is 0.452 e. The maximum Gasteiger partial charge on any atom is 0.208 e. The molecule has 0 unspecified atom stereocenters. The highest BCUT2D eigenvalue weighted by atomic mass is 79.9. The summed E-state index contributed by atoms with van der Waals surface area (Å²) in [6, 6.07) is 10.2. The molecule has 0 aliphatic carbocycles. The molecular weight excluding hydrogens is 369 g/mol. The van der Waals surface area contributed by atoms with Crippen LogP contribution in [0, 0.1) is 5.82 Å². The van der Waals surface area contributed by atoms with Gasteiger partial charge in [0.05, 0.1) is 6.54 Å². The van der Waals surface area contributed by atoms with Crippen LogP contribution >= 0.6 is 27.3 Å². The smallest absolute Gasteiger partial charge is 0.208 e. The zero-order valence-corrected chi connectivity index (χ0v) is 14.2. The van der Waals surface area contributed by atoms with Gasteiger partial charge in [-0.2, -0.15) is 0 Å². The van der Waals surface area contributed by atoms with E-state index in [9.17, 15) is 4.39 Å². The van der Waals surface area contributed by atoms with Crippen LogP contribution in [0.5, 0.6) is 0 Å². The van der Waals surface area contributed by atoms with E-state index in [2.05, 4.69) is 26.1 Å². The summed E-state index contributed by atoms with van der Waals surface area (Å²) in [5, 5.41) is 10.1. The van der Waals surface area contributed by atoms with Crippen molar-refractivity contribution in [3.05, 3.63) is 63.2 Å². The lowest BCUT2D eigenvalue weighted by molar-refractivity contribution is 0.486. The van der Waals surface area contributed by atoms with Gasteiger partial charge in [0.15, 0.2) is 4.67 Å². The molecule has 0 fully saturated rings. The molecule has 2 aromatic heterocycles. The van der Waals surface area contributed by atoms with Gasteiger partial charge in [0.2, 0.25) is 5.13 Å². The Labute approximate surface area is 139 Å². The van der Waals surface area contributed by atoms with Gasteiger partial charge in [0.25, 0.3) is 0 Å². The second-order valence-corrected chi connectivity index (χ2v) is 6.67. The monoisotopic (exact) mass is 381 g/mol. The van der Waals surface area contributed by atoms with Crippen molar-refractivity contribution in [1.29, 1.82) is 0 Å². The third kappa shape index (κ3) is 3.72. The SMILES string of the molecule is CN(Cc1ccc(Br)o1)c1nnc(Cc2ccc(F)cc2)s1. The van der Waals surface area contributed by atoms with E-state index in [1.807, 2.05) is 24.1 Å². The van der Waals surface area contributed by atoms with E-state index in [4.69, 9.17) is 4.42 Å². The standard InChI is InChI=1S/C15H13BrFN3OS/c1-20(9-12-6-7-13(16)21-12)15-19-18-14(22-15)8-10-2-4-11(17)5-3-10/h2-7H,8-9H2,1H3. The normalized spacial score (nSPS) is 10.9. The molecule has 0 saturated carbocycles. The highest BCUT2D eigenvalue weighted by Gasteiger charge is 2.11. The molecule has 0 aliphatic rings. The lowest BCUT2D eigenvalue weighted by Gasteiger charge is -2.12. The van der Waals surface area contributed by atoms with E-state index in [1.54, 1.807) is 12.1 Å². The van der Waals surface area contributed by atoms with E-state index in [0.29, 0.717) is 17.6 Å². The average molecular weight is 382 g/mol. The number of hydrogen-bond acceptors (Lipinski definition) is 5. The van der Waals surface area contributed by atoms with Crippen molar-refractivity contribution in [1.82, 2.24) is 10.2 Å². The van der Waals surface area contributed by atoms with Crippen LogP contribution in [-0.2, 0) is 13.0 Å². The fourth-order valence-corrected chi connectivity index (χ4v) is 3.16. The van der Waals surface area contributed by atoms with Crippen molar-refractivity contribution in [3.8, 4) is 0 Å². The van der Waals surface area contributed by atoms with E-state index in [1.165, 1.54) is 23.5 Å². The van der Waals surface area contributed by atoms with Gasteiger partial charge in [-0.15, -0.1) is 10.2 Å². The van der Waals surface area contributed by atoms with Crippen LogP contribution in [0.3, 0.4) is 0 Å². The van der Waals surface area contributed by atoms with Crippen LogP contribution in [0.15, 0.2) is 45.5 Å². The Morgan fingerprint density at radius 3 is 2.64 bits per heavy atom. The first-order valence-electron chi connectivity index (χ1n) is 6.62. The van der Waals surface area contributed by atoms with Gasteiger partial charge >= 0.3 is 0 Å². The lowest BCUT2D eigenvalue weighted by atomic mass is 10.2. The first-order chi connectivity index (χ1) is 10.6. The number of rotatable bonds is 5. The minimum absolute atomic E-state index is 0.231. The van der Waals surface area contributed by atoms with Crippen molar-refractivity contribution in [2.45, 2.75) is 13.0 Å². The van der Waals surface area contributed by atoms with Gasteiger partial charge in [-0.1, -0.05) is 23.5 Å². The molecule has 0 amide bonds. The number of hydrogen-bond donors (Lipinski definition) is 0. The van der Waals surface area contributed by atoms with E-state index in [-0.39, 0.29) is 5.82 Å². The Hall–Kier alpha value is -1.73. The summed E-state index contributed by atoms with van der Waals surface area (Å²) in [5.74, 6) is 0.621. The number of nitrogens with zero attached hydrogens (tertiary/aromatic N) is 3. The first-order valence-corrected chi connectivity index (χ1v) is 8.23. The fourth-order valence-electron chi connectivity index (χ4n) is 1.99. The Bertz CT molecular complexity index is 756. The van der Waals surface area contributed by atoms with Crippen LogP contribution in [0.1, 0.15) is 16.3 Å². The number of benzene rings is 1. The van der Waals surface area contributed by atoms with Crippen LogP contribution in [-0.4, -0.2) is 17.2 Å². The number of anilines is 1. The highest BCUT2D eigenvalue weighted by Crippen LogP contribution is 2.24. The minimum Gasteiger partial charge on any atom is -0.452 e. The summed E-state index contributed by atoms with van der Waals surface area (Å²) in [7, 11) is 1.94. The quantitative estimate of drug-likeness (QED) is 0.661. The molecule has 0 radical (unpaired) electrons. The van der Waals surface area contributed by atoms with Gasteiger partial charge in [-0.05, 0) is 45.8 Å². The number of furan rings is 1. The molecular formula is C15H13BrFN3OS. The Kier molecular flexibility index (Phi) is 4.54. The summed E-state index contributed by atoms with van der Waals surface area (Å²) in [6.07, 6.45) is 0.651. The molecule has 114 valence electrons. The molecule has 0 aliphatic heterocycles. The second-order valence-electron chi connectivity index (χ2n) is 4.84. The predicted octanol–water partition coefficient (Wildman–Crippen LogP) is 4.26. The third-order valence-corrected chi connectivity index (χ3v) is 4.54. The molecule has 3 aromatic rings.